The lowest BCUT2D eigenvalue weighted by Gasteiger charge is -2.26. The zero-order valence-corrected chi connectivity index (χ0v) is 17.9. The third-order valence-electron chi connectivity index (χ3n) is 5.67. The lowest BCUT2D eigenvalue weighted by Crippen LogP contribution is -2.39. The summed E-state index contributed by atoms with van der Waals surface area (Å²) < 4.78 is 47.0. The van der Waals surface area contributed by atoms with Gasteiger partial charge in [0.2, 0.25) is 5.43 Å². The summed E-state index contributed by atoms with van der Waals surface area (Å²) in [6.07, 6.45) is -0.997. The van der Waals surface area contributed by atoms with E-state index in [0.29, 0.717) is 5.76 Å². The van der Waals surface area contributed by atoms with E-state index >= 15 is 0 Å². The van der Waals surface area contributed by atoms with E-state index in [1.165, 1.54) is 25.1 Å². The largest absolute Gasteiger partial charge is 0.468 e. The number of aryl methyl sites for hydroxylation is 1. The first-order valence-electron chi connectivity index (χ1n) is 10.6. The van der Waals surface area contributed by atoms with E-state index < -0.39 is 28.8 Å². The molecule has 0 unspecified atom stereocenters. The molecule has 3 heterocycles. The molecule has 174 valence electrons. The Morgan fingerprint density at radius 1 is 1.18 bits per heavy atom. The van der Waals surface area contributed by atoms with E-state index in [2.05, 4.69) is 15.3 Å². The van der Waals surface area contributed by atoms with Crippen LogP contribution < -0.4 is 10.7 Å². The van der Waals surface area contributed by atoms with Crippen molar-refractivity contribution >= 4 is 5.91 Å². The van der Waals surface area contributed by atoms with Crippen molar-refractivity contribution in [1.29, 1.82) is 0 Å². The molecule has 7 nitrogen and oxygen atoms in total. The number of rotatable bonds is 6. The van der Waals surface area contributed by atoms with Crippen LogP contribution >= 0.6 is 0 Å². The van der Waals surface area contributed by atoms with Crippen LogP contribution in [0, 0.1) is 6.92 Å². The zero-order valence-electron chi connectivity index (χ0n) is 17.9. The second-order valence-electron chi connectivity index (χ2n) is 7.91. The molecule has 10 heteroatoms. The summed E-state index contributed by atoms with van der Waals surface area (Å²) >= 11 is 0. The predicted octanol–water partition coefficient (Wildman–Crippen LogP) is 3.72. The topological polar surface area (TPSA) is 80.4 Å². The molecular weight excluding hydrogens is 437 g/mol. The number of amides is 1. The summed E-state index contributed by atoms with van der Waals surface area (Å²) in [5.74, 6) is -0.0698. The number of carbonyl (C=O) groups is 1. The van der Waals surface area contributed by atoms with Crippen LogP contribution in [-0.2, 0) is 6.18 Å². The molecule has 33 heavy (non-hydrogen) atoms. The summed E-state index contributed by atoms with van der Waals surface area (Å²) in [5, 5.41) is 6.72. The minimum Gasteiger partial charge on any atom is -0.468 e. The number of para-hydroxylation sites is 1. The highest BCUT2D eigenvalue weighted by atomic mass is 19.4. The summed E-state index contributed by atoms with van der Waals surface area (Å²) in [6, 6.07) is 9.36. The predicted molar refractivity (Wildman–Crippen MR) is 114 cm³/mol. The fraction of sp³-hybridized carbons (Fsp3) is 0.348. The Labute approximate surface area is 187 Å². The summed E-state index contributed by atoms with van der Waals surface area (Å²) in [4.78, 5) is 27.5. The van der Waals surface area contributed by atoms with Crippen molar-refractivity contribution in [2.75, 3.05) is 19.6 Å². The van der Waals surface area contributed by atoms with Crippen LogP contribution in [0.1, 0.15) is 46.4 Å². The molecule has 1 atom stereocenters. The minimum absolute atomic E-state index is 0.167. The second kappa shape index (κ2) is 9.22. The number of furan rings is 1. The molecule has 0 radical (unpaired) electrons. The molecular formula is C23H23F3N4O3. The molecule has 0 saturated carbocycles. The number of benzene rings is 1. The normalized spacial score (nSPS) is 15.5. The van der Waals surface area contributed by atoms with Crippen LogP contribution in [0.3, 0.4) is 0 Å². The number of hydrogen-bond acceptors (Lipinski definition) is 5. The van der Waals surface area contributed by atoms with E-state index in [4.69, 9.17) is 4.42 Å². The molecule has 1 aliphatic heterocycles. The Morgan fingerprint density at radius 3 is 2.58 bits per heavy atom. The molecule has 0 spiro atoms. The highest BCUT2D eigenvalue weighted by Crippen LogP contribution is 2.33. The third kappa shape index (κ3) is 4.85. The van der Waals surface area contributed by atoms with E-state index in [-0.39, 0.29) is 24.0 Å². The van der Waals surface area contributed by atoms with E-state index in [1.54, 1.807) is 12.3 Å². The van der Waals surface area contributed by atoms with Gasteiger partial charge in [0.1, 0.15) is 5.76 Å². The molecule has 1 aliphatic rings. The molecule has 4 rings (SSSR count). The smallest absolute Gasteiger partial charge is 0.418 e. The average Bonchev–Trinajstić information content (AvgIpc) is 3.48. The van der Waals surface area contributed by atoms with Gasteiger partial charge in [0.15, 0.2) is 5.69 Å². The van der Waals surface area contributed by atoms with Gasteiger partial charge in [-0.25, -0.2) is 4.68 Å². The van der Waals surface area contributed by atoms with Gasteiger partial charge in [-0.1, -0.05) is 12.1 Å². The number of aromatic nitrogens is 2. The lowest BCUT2D eigenvalue weighted by atomic mass is 10.1. The number of likely N-dealkylation sites (tertiary alicyclic amines) is 1. The van der Waals surface area contributed by atoms with Crippen LogP contribution in [0.5, 0.6) is 0 Å². The first-order valence-corrected chi connectivity index (χ1v) is 10.6. The van der Waals surface area contributed by atoms with Gasteiger partial charge in [-0.3, -0.25) is 14.5 Å². The number of halogens is 3. The van der Waals surface area contributed by atoms with Crippen molar-refractivity contribution in [3.8, 4) is 5.69 Å². The zero-order chi connectivity index (χ0) is 23.6. The number of alkyl halides is 3. The van der Waals surface area contributed by atoms with Crippen molar-refractivity contribution in [1.82, 2.24) is 20.0 Å². The molecule has 1 amide bonds. The minimum atomic E-state index is -4.62. The highest BCUT2D eigenvalue weighted by molar-refractivity contribution is 5.92. The SMILES string of the molecule is Cc1cc(=O)c(C(=O)NC[C@H](c2ccco2)N2CCCC2)nn1-c1ccccc1C(F)(F)F. The first kappa shape index (κ1) is 22.8. The fourth-order valence-corrected chi connectivity index (χ4v) is 4.06. The highest BCUT2D eigenvalue weighted by Gasteiger charge is 2.34. The molecule has 0 bridgehead atoms. The first-order chi connectivity index (χ1) is 15.8. The lowest BCUT2D eigenvalue weighted by molar-refractivity contribution is -0.137. The maximum atomic E-state index is 13.5. The molecule has 1 fully saturated rings. The van der Waals surface area contributed by atoms with Crippen molar-refractivity contribution in [3.05, 3.63) is 81.7 Å². The number of hydrogen-bond donors (Lipinski definition) is 1. The molecule has 1 aromatic carbocycles. The molecule has 1 saturated heterocycles. The third-order valence-corrected chi connectivity index (χ3v) is 5.67. The maximum absolute atomic E-state index is 13.5. The number of nitrogens with one attached hydrogen (secondary N) is 1. The van der Waals surface area contributed by atoms with Crippen molar-refractivity contribution in [2.24, 2.45) is 0 Å². The van der Waals surface area contributed by atoms with Gasteiger partial charge >= 0.3 is 6.18 Å². The molecule has 0 aliphatic carbocycles. The quantitative estimate of drug-likeness (QED) is 0.607. The van der Waals surface area contributed by atoms with Crippen LogP contribution in [-0.4, -0.2) is 40.2 Å². The van der Waals surface area contributed by atoms with Gasteiger partial charge in [-0.15, -0.1) is 0 Å². The molecule has 2 aromatic heterocycles. The van der Waals surface area contributed by atoms with E-state index in [9.17, 15) is 22.8 Å². The second-order valence-corrected chi connectivity index (χ2v) is 7.91. The monoisotopic (exact) mass is 460 g/mol. The van der Waals surface area contributed by atoms with E-state index in [0.717, 1.165) is 42.7 Å². The van der Waals surface area contributed by atoms with Gasteiger partial charge in [0.25, 0.3) is 5.91 Å². The Bertz CT molecular complexity index is 1180. The number of nitrogens with zero attached hydrogens (tertiary/aromatic N) is 3. The van der Waals surface area contributed by atoms with Gasteiger partial charge in [-0.2, -0.15) is 18.3 Å². The van der Waals surface area contributed by atoms with Gasteiger partial charge in [-0.05, 0) is 57.1 Å². The molecule has 3 aromatic rings. The summed E-state index contributed by atoms with van der Waals surface area (Å²) in [6.45, 7) is 3.33. The Kier molecular flexibility index (Phi) is 6.37. The van der Waals surface area contributed by atoms with Crippen LogP contribution in [0.15, 0.2) is 57.9 Å². The maximum Gasteiger partial charge on any atom is 0.418 e. The Hall–Kier alpha value is -3.40. The van der Waals surface area contributed by atoms with Gasteiger partial charge in [0, 0.05) is 18.3 Å². The number of carbonyl (C=O) groups excluding carboxylic acids is 1. The van der Waals surface area contributed by atoms with Crippen molar-refractivity contribution in [2.45, 2.75) is 32.0 Å². The van der Waals surface area contributed by atoms with Crippen LogP contribution in [0.25, 0.3) is 5.69 Å². The Balaban J connectivity index is 1.62. The van der Waals surface area contributed by atoms with Crippen molar-refractivity contribution in [3.63, 3.8) is 0 Å². The standard InChI is InChI=1S/C23H23F3N4O3/c1-15-13-19(31)21(28-30(15)17-8-3-2-7-16(17)23(24,25)26)22(32)27-14-18(20-9-6-12-33-20)29-10-4-5-11-29/h2-3,6-9,12-13,18H,4-5,10-11,14H2,1H3,(H,27,32)/t18-/m1/s1. The summed E-state index contributed by atoms with van der Waals surface area (Å²) in [7, 11) is 0. The molecule has 1 N–H and O–H groups in total. The van der Waals surface area contributed by atoms with Gasteiger partial charge in [0.05, 0.1) is 23.6 Å². The van der Waals surface area contributed by atoms with E-state index in [1.807, 2.05) is 6.07 Å². The van der Waals surface area contributed by atoms with Crippen LogP contribution in [0.4, 0.5) is 13.2 Å². The average molecular weight is 460 g/mol. The van der Waals surface area contributed by atoms with Crippen LogP contribution in [0.2, 0.25) is 0 Å². The van der Waals surface area contributed by atoms with Gasteiger partial charge < -0.3 is 9.73 Å². The summed E-state index contributed by atoms with van der Waals surface area (Å²) in [5.41, 5.74) is -2.14. The van der Waals surface area contributed by atoms with Crippen molar-refractivity contribution < 1.29 is 22.4 Å². The Morgan fingerprint density at radius 2 is 1.91 bits per heavy atom. The fourth-order valence-electron chi connectivity index (χ4n) is 4.06.